The van der Waals surface area contributed by atoms with Crippen molar-refractivity contribution < 1.29 is 14.8 Å². The summed E-state index contributed by atoms with van der Waals surface area (Å²) in [4.78, 5) is 2.53. The Morgan fingerprint density at radius 2 is 1.39 bits per heavy atom. The van der Waals surface area contributed by atoms with Crippen LogP contribution in [0.15, 0.2) is 96.7 Å². The van der Waals surface area contributed by atoms with Crippen LogP contribution >= 0.6 is 0 Å². The van der Waals surface area contributed by atoms with E-state index in [-0.39, 0.29) is 23.0 Å². The second-order valence-corrected chi connectivity index (χ2v) is 15.4. The molecule has 0 saturated heterocycles. The molecule has 5 rings (SSSR count). The average Bonchev–Trinajstić information content (AvgIpc) is 3.25. The SMILES string of the molecule is Cc1ccc([NH2+]CCc2ccc(OC(C)C)cc2)c(C(C)(C)C/C=C2/N(CCc3ccc(OC(C)C)cc3)c3ccc(N)cc3C2(C)C)c1. The fourth-order valence-corrected chi connectivity index (χ4v) is 7.05. The van der Waals surface area contributed by atoms with Gasteiger partial charge in [-0.25, -0.2) is 0 Å². The van der Waals surface area contributed by atoms with E-state index in [0.29, 0.717) is 0 Å². The van der Waals surface area contributed by atoms with E-state index in [1.165, 1.54) is 44.9 Å². The van der Waals surface area contributed by atoms with Gasteiger partial charge in [0.25, 0.3) is 0 Å². The smallest absolute Gasteiger partial charge is 0.133 e. The number of allylic oxidation sites excluding steroid dienone is 2. The highest BCUT2D eigenvalue weighted by atomic mass is 16.5. The Hall–Kier alpha value is -4.22. The largest absolute Gasteiger partial charge is 0.491 e. The molecule has 0 atom stereocenters. The maximum atomic E-state index is 6.35. The zero-order valence-corrected chi connectivity index (χ0v) is 31.3. The molecule has 5 heteroatoms. The number of quaternary nitrogens is 1. The molecule has 1 aliphatic rings. The normalized spacial score (nSPS) is 14.9. The number of nitrogens with two attached hydrogens (primary N) is 2. The molecule has 0 bridgehead atoms. The van der Waals surface area contributed by atoms with E-state index in [1.807, 2.05) is 6.07 Å². The van der Waals surface area contributed by atoms with Crippen molar-refractivity contribution in [3.05, 3.63) is 125 Å². The molecule has 5 nitrogen and oxygen atoms in total. The van der Waals surface area contributed by atoms with Crippen LogP contribution in [0.4, 0.5) is 17.1 Å². The molecule has 0 saturated carbocycles. The van der Waals surface area contributed by atoms with Gasteiger partial charge >= 0.3 is 0 Å². The summed E-state index contributed by atoms with van der Waals surface area (Å²) >= 11 is 0. The first-order chi connectivity index (χ1) is 23.2. The molecule has 0 radical (unpaired) electrons. The van der Waals surface area contributed by atoms with Gasteiger partial charge in [0.2, 0.25) is 0 Å². The summed E-state index contributed by atoms with van der Waals surface area (Å²) in [5.74, 6) is 1.85. The topological polar surface area (TPSA) is 64.3 Å². The molecule has 0 spiro atoms. The van der Waals surface area contributed by atoms with Crippen LogP contribution in [0.3, 0.4) is 0 Å². The molecule has 0 aliphatic carbocycles. The molecule has 0 unspecified atom stereocenters. The van der Waals surface area contributed by atoms with Crippen LogP contribution in [0.25, 0.3) is 0 Å². The monoisotopic (exact) mass is 660 g/mol. The molecule has 49 heavy (non-hydrogen) atoms. The van der Waals surface area contributed by atoms with Gasteiger partial charge in [0.1, 0.15) is 17.2 Å². The van der Waals surface area contributed by atoms with E-state index in [2.05, 4.69) is 157 Å². The number of hydrogen-bond acceptors (Lipinski definition) is 4. The van der Waals surface area contributed by atoms with Crippen molar-refractivity contribution in [1.82, 2.24) is 0 Å². The Labute approximate surface area is 295 Å². The Kier molecular flexibility index (Phi) is 11.1. The third kappa shape index (κ3) is 8.88. The van der Waals surface area contributed by atoms with Crippen molar-refractivity contribution in [3.8, 4) is 11.5 Å². The first-order valence-electron chi connectivity index (χ1n) is 18.1. The van der Waals surface area contributed by atoms with Gasteiger partial charge in [0.15, 0.2) is 0 Å². The minimum absolute atomic E-state index is 0.0670. The molecule has 260 valence electrons. The summed E-state index contributed by atoms with van der Waals surface area (Å²) in [6, 6.07) is 30.5. The van der Waals surface area contributed by atoms with Crippen LogP contribution in [-0.2, 0) is 23.7 Å². The van der Waals surface area contributed by atoms with Gasteiger partial charge in [-0.05, 0) is 124 Å². The number of anilines is 2. The van der Waals surface area contributed by atoms with Gasteiger partial charge in [-0.1, -0.05) is 69.7 Å². The summed E-state index contributed by atoms with van der Waals surface area (Å²) in [5, 5.41) is 2.42. The Morgan fingerprint density at radius 1 is 0.796 bits per heavy atom. The summed E-state index contributed by atoms with van der Waals surface area (Å²) in [7, 11) is 0. The number of nitrogen functional groups attached to an aromatic ring is 1. The highest BCUT2D eigenvalue weighted by Crippen LogP contribution is 2.49. The van der Waals surface area contributed by atoms with Gasteiger partial charge in [-0.2, -0.15) is 0 Å². The standard InChI is InChI=1S/C44H57N3O2/c1-30(2)48-36-16-11-33(12-17-36)23-26-46-40-20-10-32(5)28-38(40)43(6,7)25-22-42-44(8,9)39-29-35(45)15-21-41(39)47(42)27-24-34-13-18-37(19-14-34)49-31(3)4/h10-22,28-31,46H,23-27,45H2,1-9H3/p+1/b42-22+. The van der Waals surface area contributed by atoms with E-state index in [4.69, 9.17) is 15.2 Å². The van der Waals surface area contributed by atoms with Crippen LogP contribution in [0.2, 0.25) is 0 Å². The zero-order chi connectivity index (χ0) is 35.3. The Bertz CT molecular complexity index is 1730. The lowest BCUT2D eigenvalue weighted by Crippen LogP contribution is -2.79. The van der Waals surface area contributed by atoms with Crippen LogP contribution in [0.5, 0.6) is 11.5 Å². The lowest BCUT2D eigenvalue weighted by atomic mass is 9.77. The second-order valence-electron chi connectivity index (χ2n) is 15.4. The van der Waals surface area contributed by atoms with E-state index >= 15 is 0 Å². The van der Waals surface area contributed by atoms with Crippen LogP contribution < -0.4 is 25.4 Å². The van der Waals surface area contributed by atoms with E-state index < -0.39 is 0 Å². The summed E-state index contributed by atoms with van der Waals surface area (Å²) in [6.45, 7) is 21.8. The maximum Gasteiger partial charge on any atom is 0.133 e. The molecule has 4 aromatic rings. The van der Waals surface area contributed by atoms with Gasteiger partial charge in [-0.3, -0.25) is 0 Å². The third-order valence-corrected chi connectivity index (χ3v) is 9.67. The number of fused-ring (bicyclic) bond motifs is 1. The minimum Gasteiger partial charge on any atom is -0.491 e. The van der Waals surface area contributed by atoms with Crippen molar-refractivity contribution in [2.24, 2.45) is 0 Å². The molecule has 0 amide bonds. The van der Waals surface area contributed by atoms with Crippen molar-refractivity contribution >= 4 is 17.1 Å². The summed E-state index contributed by atoms with van der Waals surface area (Å²) in [5.41, 5.74) is 17.5. The van der Waals surface area contributed by atoms with Crippen molar-refractivity contribution in [1.29, 1.82) is 0 Å². The number of rotatable bonds is 14. The van der Waals surface area contributed by atoms with Crippen molar-refractivity contribution in [3.63, 3.8) is 0 Å². The van der Waals surface area contributed by atoms with E-state index in [9.17, 15) is 0 Å². The first-order valence-corrected chi connectivity index (χ1v) is 18.1. The zero-order valence-electron chi connectivity index (χ0n) is 31.3. The van der Waals surface area contributed by atoms with Crippen molar-refractivity contribution in [2.45, 2.75) is 105 Å². The molecular weight excluding hydrogens is 603 g/mol. The lowest BCUT2D eigenvalue weighted by Gasteiger charge is -2.30. The number of hydrogen-bond donors (Lipinski definition) is 2. The highest BCUT2D eigenvalue weighted by molar-refractivity contribution is 5.73. The predicted molar refractivity (Wildman–Crippen MR) is 206 cm³/mol. The molecule has 0 aromatic heterocycles. The molecular formula is C44H58N3O2+. The fourth-order valence-electron chi connectivity index (χ4n) is 7.05. The second kappa shape index (κ2) is 15.1. The molecule has 4 N–H and O–H groups in total. The van der Waals surface area contributed by atoms with Gasteiger partial charge in [0, 0.05) is 41.0 Å². The minimum atomic E-state index is -0.160. The Morgan fingerprint density at radius 3 is 1.98 bits per heavy atom. The number of ether oxygens (including phenoxy) is 2. The predicted octanol–water partition coefficient (Wildman–Crippen LogP) is 9.18. The molecule has 1 aliphatic heterocycles. The quantitative estimate of drug-likeness (QED) is 0.132. The number of nitrogens with zero attached hydrogens (tertiary/aromatic N) is 1. The van der Waals surface area contributed by atoms with Crippen molar-refractivity contribution in [2.75, 3.05) is 23.7 Å². The summed E-state index contributed by atoms with van der Waals surface area (Å²) < 4.78 is 11.7. The van der Waals surface area contributed by atoms with E-state index in [1.54, 1.807) is 0 Å². The van der Waals surface area contributed by atoms with E-state index in [0.717, 1.165) is 49.5 Å². The van der Waals surface area contributed by atoms with Crippen LogP contribution in [0.1, 0.15) is 89.6 Å². The van der Waals surface area contributed by atoms with Crippen LogP contribution in [0, 0.1) is 6.92 Å². The van der Waals surface area contributed by atoms with Gasteiger partial charge in [0.05, 0.1) is 18.8 Å². The average molecular weight is 661 g/mol. The fraction of sp³-hybridized carbons (Fsp3) is 0.409. The first kappa shape index (κ1) is 36.1. The Balaban J connectivity index is 1.35. The summed E-state index contributed by atoms with van der Waals surface area (Å²) in [6.07, 6.45) is 5.71. The van der Waals surface area contributed by atoms with Gasteiger partial charge in [-0.15, -0.1) is 0 Å². The lowest BCUT2D eigenvalue weighted by molar-refractivity contribution is -0.571. The molecule has 4 aromatic carbocycles. The third-order valence-electron chi connectivity index (χ3n) is 9.67. The number of benzene rings is 4. The van der Waals surface area contributed by atoms with Gasteiger partial charge < -0.3 is 25.4 Å². The maximum absolute atomic E-state index is 6.35. The van der Waals surface area contributed by atoms with Crippen LogP contribution in [-0.4, -0.2) is 25.3 Å². The highest BCUT2D eigenvalue weighted by Gasteiger charge is 2.40. The number of aryl methyl sites for hydroxylation is 1. The molecule has 1 heterocycles. The molecule has 0 fully saturated rings.